The van der Waals surface area contributed by atoms with E-state index in [2.05, 4.69) is 46.8 Å². The first-order valence-corrected chi connectivity index (χ1v) is 11.4. The van der Waals surface area contributed by atoms with E-state index in [0.717, 1.165) is 54.3 Å². The van der Waals surface area contributed by atoms with Gasteiger partial charge in [0.1, 0.15) is 11.6 Å². The number of aromatic amines is 1. The minimum absolute atomic E-state index is 0.105. The summed E-state index contributed by atoms with van der Waals surface area (Å²) in [5.74, 6) is 2.14. The Morgan fingerprint density at radius 1 is 1.09 bits per heavy atom. The summed E-state index contributed by atoms with van der Waals surface area (Å²) in [6.45, 7) is 4.13. The van der Waals surface area contributed by atoms with Crippen LogP contribution in [0, 0.1) is 5.92 Å². The Hall–Kier alpha value is -3.25. The number of fused-ring (bicyclic) bond motifs is 2. The van der Waals surface area contributed by atoms with Crippen molar-refractivity contribution in [2.75, 3.05) is 44.8 Å². The number of aromatic nitrogens is 1. The molecule has 0 bridgehead atoms. The fraction of sp³-hybridized carbons (Fsp3) is 0.346. The second-order valence-electron chi connectivity index (χ2n) is 8.73. The molecule has 3 aliphatic heterocycles. The van der Waals surface area contributed by atoms with Crippen molar-refractivity contribution in [3.05, 3.63) is 64.9 Å². The van der Waals surface area contributed by atoms with Gasteiger partial charge in [-0.2, -0.15) is 0 Å². The van der Waals surface area contributed by atoms with Crippen LogP contribution >= 0.6 is 0 Å². The molecule has 0 radical (unpaired) electrons. The molecule has 6 rings (SSSR count). The second-order valence-corrected chi connectivity index (χ2v) is 8.73. The van der Waals surface area contributed by atoms with Crippen LogP contribution in [0.3, 0.4) is 0 Å². The van der Waals surface area contributed by atoms with Crippen LogP contribution in [0.15, 0.2) is 53.8 Å². The Kier molecular flexibility index (Phi) is 4.87. The maximum Gasteiger partial charge on any atom is 0.229 e. The van der Waals surface area contributed by atoms with Crippen LogP contribution in [-0.2, 0) is 16.0 Å². The van der Waals surface area contributed by atoms with Gasteiger partial charge in [-0.25, -0.2) is 0 Å². The van der Waals surface area contributed by atoms with E-state index in [1.807, 2.05) is 17.1 Å². The van der Waals surface area contributed by atoms with Crippen LogP contribution in [0.1, 0.15) is 17.5 Å². The average Bonchev–Trinajstić information content (AvgIpc) is 3.51. The molecule has 1 fully saturated rings. The molecule has 1 unspecified atom stereocenters. The van der Waals surface area contributed by atoms with E-state index in [0.29, 0.717) is 26.3 Å². The van der Waals surface area contributed by atoms with Crippen molar-refractivity contribution >= 4 is 17.8 Å². The molecule has 4 aliphatic rings. The predicted octanol–water partition coefficient (Wildman–Crippen LogP) is 3.79. The van der Waals surface area contributed by atoms with Crippen LogP contribution in [0.4, 0.5) is 5.82 Å². The van der Waals surface area contributed by atoms with Gasteiger partial charge in [-0.1, -0.05) is 36.4 Å². The monoisotopic (exact) mass is 429 g/mol. The number of benzene rings is 1. The summed E-state index contributed by atoms with van der Waals surface area (Å²) in [7, 11) is 0. The third-order valence-electron chi connectivity index (χ3n) is 6.83. The second kappa shape index (κ2) is 8.02. The number of para-hydroxylation sites is 1. The van der Waals surface area contributed by atoms with Gasteiger partial charge in [0, 0.05) is 48.9 Å². The molecule has 164 valence electrons. The number of nitrogens with zero attached hydrogens (tertiary/aromatic N) is 1. The van der Waals surface area contributed by atoms with E-state index in [9.17, 15) is 4.79 Å². The smallest absolute Gasteiger partial charge is 0.229 e. The van der Waals surface area contributed by atoms with Gasteiger partial charge >= 0.3 is 0 Å². The number of carbonyl (C=O) groups excluding carboxylic acids is 1. The molecule has 1 atom stereocenters. The van der Waals surface area contributed by atoms with Crippen LogP contribution in [0.5, 0.6) is 5.75 Å². The molecule has 1 saturated heterocycles. The number of amides is 1. The van der Waals surface area contributed by atoms with Crippen molar-refractivity contribution in [3.8, 4) is 16.9 Å². The highest BCUT2D eigenvalue weighted by molar-refractivity contribution is 5.89. The first-order valence-electron chi connectivity index (χ1n) is 11.4. The van der Waals surface area contributed by atoms with Crippen molar-refractivity contribution in [1.29, 1.82) is 0 Å². The molecular formula is C26H27N3O3. The van der Waals surface area contributed by atoms with Gasteiger partial charge in [-0.05, 0) is 29.2 Å². The summed E-state index contributed by atoms with van der Waals surface area (Å²) in [6.07, 6.45) is 12.3. The molecule has 0 spiro atoms. The normalized spacial score (nSPS) is 21.8. The molecule has 2 aromatic rings. The Morgan fingerprint density at radius 3 is 2.91 bits per heavy atom. The van der Waals surface area contributed by atoms with E-state index >= 15 is 0 Å². The lowest BCUT2D eigenvalue weighted by atomic mass is 9.86. The molecule has 4 heterocycles. The standard InChI is InChI=1S/C26H27N3O3/c30-26(29-8-11-31-12-9-29)19-5-1-4-18(13-19)20-14-22-23(16-28-25(22)27-15-20)21-6-2-3-17-7-10-32-24(17)21/h1-6,14,16,19,27-28H,7-13,15H2. The fourth-order valence-electron chi connectivity index (χ4n) is 5.10. The largest absolute Gasteiger partial charge is 0.492 e. The number of carbonyl (C=O) groups is 1. The topological polar surface area (TPSA) is 66.6 Å². The van der Waals surface area contributed by atoms with E-state index in [1.54, 1.807) is 0 Å². The molecule has 1 amide bonds. The zero-order valence-corrected chi connectivity index (χ0v) is 18.0. The fourth-order valence-corrected chi connectivity index (χ4v) is 5.10. The lowest BCUT2D eigenvalue weighted by molar-refractivity contribution is -0.138. The van der Waals surface area contributed by atoms with Crippen molar-refractivity contribution in [3.63, 3.8) is 0 Å². The van der Waals surface area contributed by atoms with Gasteiger partial charge in [0.25, 0.3) is 0 Å². The molecule has 2 N–H and O–H groups in total. The quantitative estimate of drug-likeness (QED) is 0.779. The summed E-state index contributed by atoms with van der Waals surface area (Å²) in [5, 5.41) is 3.53. The third-order valence-corrected chi connectivity index (χ3v) is 6.83. The van der Waals surface area contributed by atoms with Crippen molar-refractivity contribution < 1.29 is 14.3 Å². The molecule has 1 aromatic carbocycles. The molecule has 1 aliphatic carbocycles. The number of anilines is 1. The minimum Gasteiger partial charge on any atom is -0.492 e. The molecular weight excluding hydrogens is 402 g/mol. The Labute approximate surface area is 187 Å². The average molecular weight is 430 g/mol. The highest BCUT2D eigenvalue weighted by atomic mass is 16.5. The van der Waals surface area contributed by atoms with Gasteiger partial charge in [-0.3, -0.25) is 4.79 Å². The minimum atomic E-state index is -0.105. The van der Waals surface area contributed by atoms with E-state index in [4.69, 9.17) is 9.47 Å². The molecule has 6 heteroatoms. The first-order chi connectivity index (χ1) is 15.8. The van der Waals surface area contributed by atoms with Gasteiger partial charge < -0.3 is 24.7 Å². The first kappa shape index (κ1) is 19.4. The maximum atomic E-state index is 13.0. The van der Waals surface area contributed by atoms with Crippen LogP contribution in [0.25, 0.3) is 17.2 Å². The molecule has 0 saturated carbocycles. The van der Waals surface area contributed by atoms with Gasteiger partial charge in [-0.15, -0.1) is 0 Å². The number of allylic oxidation sites excluding steroid dienone is 2. The number of hydrogen-bond acceptors (Lipinski definition) is 4. The Bertz CT molecular complexity index is 1150. The van der Waals surface area contributed by atoms with Crippen LogP contribution in [0.2, 0.25) is 0 Å². The summed E-state index contributed by atoms with van der Waals surface area (Å²) < 4.78 is 11.4. The van der Waals surface area contributed by atoms with E-state index in [1.165, 1.54) is 16.7 Å². The Balaban J connectivity index is 1.28. The highest BCUT2D eigenvalue weighted by Crippen LogP contribution is 2.42. The van der Waals surface area contributed by atoms with Crippen molar-refractivity contribution in [2.24, 2.45) is 5.92 Å². The summed E-state index contributed by atoms with van der Waals surface area (Å²) >= 11 is 0. The lowest BCUT2D eigenvalue weighted by Gasteiger charge is -2.31. The molecule has 1 aromatic heterocycles. The van der Waals surface area contributed by atoms with Crippen LogP contribution < -0.4 is 10.1 Å². The number of H-pyrrole nitrogens is 1. The van der Waals surface area contributed by atoms with Gasteiger partial charge in [0.05, 0.1) is 25.7 Å². The highest BCUT2D eigenvalue weighted by Gasteiger charge is 2.28. The number of rotatable bonds is 3. The molecule has 32 heavy (non-hydrogen) atoms. The third kappa shape index (κ3) is 3.35. The molecule has 6 nitrogen and oxygen atoms in total. The number of hydrogen-bond donors (Lipinski definition) is 2. The number of morpholine rings is 1. The van der Waals surface area contributed by atoms with Crippen molar-refractivity contribution in [1.82, 2.24) is 9.88 Å². The van der Waals surface area contributed by atoms with Gasteiger partial charge in [0.15, 0.2) is 0 Å². The van der Waals surface area contributed by atoms with Gasteiger partial charge in [0.2, 0.25) is 5.91 Å². The van der Waals surface area contributed by atoms with Crippen LogP contribution in [-0.4, -0.2) is 55.2 Å². The number of ether oxygens (including phenoxy) is 2. The summed E-state index contributed by atoms with van der Waals surface area (Å²) in [4.78, 5) is 18.4. The zero-order chi connectivity index (χ0) is 21.5. The van der Waals surface area contributed by atoms with Crippen molar-refractivity contribution in [2.45, 2.75) is 12.8 Å². The summed E-state index contributed by atoms with van der Waals surface area (Å²) in [6, 6.07) is 6.39. The lowest BCUT2D eigenvalue weighted by Crippen LogP contribution is -2.43. The van der Waals surface area contributed by atoms with E-state index in [-0.39, 0.29) is 11.8 Å². The zero-order valence-electron chi connectivity index (χ0n) is 18.0. The summed E-state index contributed by atoms with van der Waals surface area (Å²) in [5.41, 5.74) is 7.16. The number of nitrogens with one attached hydrogen (secondary N) is 2. The van der Waals surface area contributed by atoms with E-state index < -0.39 is 0 Å². The SMILES string of the molecule is O=C(C1C=CC=C(C2=Cc3c(-c4cccc5c4OCC5)c[nH]c3NC2)C1)N1CCOCC1. The predicted molar refractivity (Wildman–Crippen MR) is 125 cm³/mol. The Morgan fingerprint density at radius 2 is 2.00 bits per heavy atom. The maximum absolute atomic E-state index is 13.0.